The van der Waals surface area contributed by atoms with Crippen LogP contribution in [0.4, 0.5) is 0 Å². The van der Waals surface area contributed by atoms with Crippen molar-refractivity contribution in [3.8, 4) is 0 Å². The van der Waals surface area contributed by atoms with Crippen molar-refractivity contribution >= 4 is 11.5 Å². The molecule has 0 aromatic carbocycles. The quantitative estimate of drug-likeness (QED) is 0.488. The highest BCUT2D eigenvalue weighted by atomic mass is 32.2. The summed E-state index contributed by atoms with van der Waals surface area (Å²) in [6.07, 6.45) is 0. The zero-order valence-corrected chi connectivity index (χ0v) is 6.53. The van der Waals surface area contributed by atoms with Crippen LogP contribution >= 0.6 is 0 Å². The molecule has 0 rings (SSSR count). The van der Waals surface area contributed by atoms with E-state index in [4.69, 9.17) is 0 Å². The lowest BCUT2D eigenvalue weighted by Gasteiger charge is -2.19. The Labute approximate surface area is 53.7 Å². The topological polar surface area (TPSA) is 29.5 Å². The summed E-state index contributed by atoms with van der Waals surface area (Å²) in [5.74, 6) is 0. The molecule has 0 saturated heterocycles. The van der Waals surface area contributed by atoms with Crippen LogP contribution in [-0.4, -0.2) is 41.4 Å². The predicted molar refractivity (Wildman–Crippen MR) is 35.5 cm³/mol. The van der Waals surface area contributed by atoms with Gasteiger partial charge in [-0.25, -0.2) is 0 Å². The van der Waals surface area contributed by atoms with Gasteiger partial charge in [0.1, 0.15) is 11.5 Å². The first kappa shape index (κ1) is 8.23. The van der Waals surface area contributed by atoms with Gasteiger partial charge in [-0.1, -0.05) is 0 Å². The summed E-state index contributed by atoms with van der Waals surface area (Å²) in [6.45, 7) is 0. The van der Waals surface area contributed by atoms with Crippen LogP contribution in [0.5, 0.6) is 0 Å². The Balaban J connectivity index is 3.46. The summed E-state index contributed by atoms with van der Waals surface area (Å²) in [4.78, 5) is 0. The first-order valence-electron chi connectivity index (χ1n) is 2.32. The minimum atomic E-state index is -0.957. The van der Waals surface area contributed by atoms with Gasteiger partial charge in [0, 0.05) is 28.2 Å². The van der Waals surface area contributed by atoms with E-state index in [2.05, 4.69) is 0 Å². The fraction of sp³-hybridized carbons (Fsp3) is 1.00. The second kappa shape index (κ2) is 3.29. The molecule has 0 N–H and O–H groups in total. The molecule has 0 saturated carbocycles. The maximum Gasteiger partial charge on any atom is 0.139 e. The Bertz CT molecular complexity index is 59.1. The van der Waals surface area contributed by atoms with Gasteiger partial charge in [0.15, 0.2) is 0 Å². The molecule has 3 nitrogen and oxygen atoms in total. The summed E-state index contributed by atoms with van der Waals surface area (Å²) >= 11 is -0.957. The Morgan fingerprint density at radius 1 is 1.00 bits per heavy atom. The lowest BCUT2D eigenvalue weighted by molar-refractivity contribution is 0.452. The molecule has 0 heterocycles. The monoisotopic (exact) mass is 136 g/mol. The van der Waals surface area contributed by atoms with Crippen molar-refractivity contribution in [2.45, 2.75) is 0 Å². The first-order chi connectivity index (χ1) is 3.55. The molecule has 0 spiro atoms. The van der Waals surface area contributed by atoms with E-state index in [1.54, 1.807) is 36.8 Å². The molecule has 0 aliphatic heterocycles. The Morgan fingerprint density at radius 3 is 1.25 bits per heavy atom. The van der Waals surface area contributed by atoms with Gasteiger partial charge in [0.25, 0.3) is 0 Å². The molecule has 50 valence electrons. The lowest BCUT2D eigenvalue weighted by atomic mass is 11.3. The molecule has 0 aromatic heterocycles. The van der Waals surface area contributed by atoms with E-state index >= 15 is 0 Å². The zero-order valence-electron chi connectivity index (χ0n) is 5.71. The second-order valence-corrected chi connectivity index (χ2v) is 3.78. The third-order valence-electron chi connectivity index (χ3n) is 0.625. The number of nitrogens with zero attached hydrogens (tertiary/aromatic N) is 2. The molecule has 4 heteroatoms. The van der Waals surface area contributed by atoms with Crippen LogP contribution in [0.2, 0.25) is 0 Å². The van der Waals surface area contributed by atoms with Crippen LogP contribution in [0.25, 0.3) is 0 Å². The van der Waals surface area contributed by atoms with Crippen LogP contribution in [0.3, 0.4) is 0 Å². The number of hydrogen-bond donors (Lipinski definition) is 0. The van der Waals surface area contributed by atoms with E-state index in [1.165, 1.54) is 0 Å². The molecule has 8 heavy (non-hydrogen) atoms. The standard InChI is InChI=1S/C4H12N2OS/c1-5(2)8(7)6(3)4/h1-4H3. The normalized spacial score (nSPS) is 12.0. The maximum absolute atomic E-state index is 10.8. The minimum absolute atomic E-state index is 0.957. The van der Waals surface area contributed by atoms with Gasteiger partial charge in [0.05, 0.1) is 0 Å². The van der Waals surface area contributed by atoms with Gasteiger partial charge < -0.3 is 4.55 Å². The summed E-state index contributed by atoms with van der Waals surface area (Å²) < 4.78 is 14.1. The van der Waals surface area contributed by atoms with Crippen molar-refractivity contribution in [1.82, 2.24) is 8.61 Å². The average molecular weight is 136 g/mol. The minimum Gasteiger partial charge on any atom is -0.579 e. The van der Waals surface area contributed by atoms with Gasteiger partial charge in [-0.05, 0) is 0 Å². The highest BCUT2D eigenvalue weighted by molar-refractivity contribution is 7.86. The second-order valence-electron chi connectivity index (χ2n) is 1.86. The van der Waals surface area contributed by atoms with Crippen LogP contribution < -0.4 is 0 Å². The van der Waals surface area contributed by atoms with E-state index in [1.807, 2.05) is 0 Å². The van der Waals surface area contributed by atoms with E-state index < -0.39 is 11.5 Å². The summed E-state index contributed by atoms with van der Waals surface area (Å²) in [5, 5.41) is 0. The Hall–Kier alpha value is 0.230. The zero-order chi connectivity index (χ0) is 6.73. The van der Waals surface area contributed by atoms with Gasteiger partial charge in [-0.15, -0.1) is 8.61 Å². The first-order valence-corrected chi connectivity index (χ1v) is 3.38. The molecule has 0 radical (unpaired) electrons. The Kier molecular flexibility index (Phi) is 3.39. The largest absolute Gasteiger partial charge is 0.579 e. The van der Waals surface area contributed by atoms with Gasteiger partial charge >= 0.3 is 0 Å². The molecule has 0 fully saturated rings. The van der Waals surface area contributed by atoms with Crippen LogP contribution in [0, 0.1) is 0 Å². The van der Waals surface area contributed by atoms with Gasteiger partial charge in [0.2, 0.25) is 0 Å². The van der Waals surface area contributed by atoms with Crippen LogP contribution in [0.15, 0.2) is 0 Å². The highest BCUT2D eigenvalue weighted by Crippen LogP contribution is 1.95. The van der Waals surface area contributed by atoms with Crippen molar-refractivity contribution in [2.75, 3.05) is 28.2 Å². The molecule has 0 aromatic rings. The Morgan fingerprint density at radius 2 is 1.25 bits per heavy atom. The molecular weight excluding hydrogens is 124 g/mol. The van der Waals surface area contributed by atoms with Gasteiger partial charge in [-0.2, -0.15) is 0 Å². The number of hydrogen-bond acceptors (Lipinski definition) is 3. The molecule has 0 aliphatic rings. The highest BCUT2D eigenvalue weighted by Gasteiger charge is 2.11. The fourth-order valence-electron chi connectivity index (χ4n) is 0.327. The van der Waals surface area contributed by atoms with E-state index in [9.17, 15) is 4.55 Å². The summed E-state index contributed by atoms with van der Waals surface area (Å²) in [6, 6.07) is 0. The van der Waals surface area contributed by atoms with Crippen LogP contribution in [-0.2, 0) is 11.5 Å². The third kappa shape index (κ3) is 2.52. The van der Waals surface area contributed by atoms with E-state index in [0.29, 0.717) is 0 Å². The van der Waals surface area contributed by atoms with Crippen molar-refractivity contribution < 1.29 is 4.55 Å². The van der Waals surface area contributed by atoms with Crippen molar-refractivity contribution in [1.29, 1.82) is 0 Å². The third-order valence-corrected chi connectivity index (χ3v) is 1.87. The van der Waals surface area contributed by atoms with Crippen molar-refractivity contribution in [2.24, 2.45) is 0 Å². The lowest BCUT2D eigenvalue weighted by Crippen LogP contribution is -2.34. The molecule has 0 bridgehead atoms. The predicted octanol–water partition coefficient (Wildman–Crippen LogP) is -0.312. The summed E-state index contributed by atoms with van der Waals surface area (Å²) in [5.41, 5.74) is 0. The van der Waals surface area contributed by atoms with Crippen LogP contribution in [0.1, 0.15) is 0 Å². The number of rotatable bonds is 2. The molecular formula is C4H12N2OS. The molecule has 0 atom stereocenters. The van der Waals surface area contributed by atoms with Crippen molar-refractivity contribution in [3.05, 3.63) is 0 Å². The van der Waals surface area contributed by atoms with Crippen molar-refractivity contribution in [3.63, 3.8) is 0 Å². The maximum atomic E-state index is 10.8. The SMILES string of the molecule is CN(C)[S+]([O-])N(C)C. The average Bonchev–Trinajstić information content (AvgIpc) is 1.64. The fourth-order valence-corrected chi connectivity index (χ4v) is 0.980. The van der Waals surface area contributed by atoms with Gasteiger partial charge in [-0.3, -0.25) is 0 Å². The van der Waals surface area contributed by atoms with E-state index in [-0.39, 0.29) is 0 Å². The molecule has 0 amide bonds. The summed E-state index contributed by atoms with van der Waals surface area (Å²) in [7, 11) is 7.10. The van der Waals surface area contributed by atoms with E-state index in [0.717, 1.165) is 0 Å². The smallest absolute Gasteiger partial charge is 0.139 e. The molecule has 0 aliphatic carbocycles. The molecule has 0 unspecified atom stereocenters.